The lowest BCUT2D eigenvalue weighted by molar-refractivity contribution is -0.121. The van der Waals surface area contributed by atoms with E-state index in [1.807, 2.05) is 5.43 Å². The maximum absolute atomic E-state index is 11.1. The largest absolute Gasteiger partial charge is 0.497 e. The Morgan fingerprint density at radius 2 is 2.12 bits per heavy atom. The van der Waals surface area contributed by atoms with Gasteiger partial charge in [-0.25, -0.2) is 5.84 Å². The van der Waals surface area contributed by atoms with Gasteiger partial charge >= 0.3 is 0 Å². The SMILES string of the molecule is COc1ccc(C(N)CC(=O)NN)c(OC)c1. The average Bonchev–Trinajstić information content (AvgIpc) is 2.37. The predicted octanol–water partition coefficient (Wildman–Crippen LogP) is 0.0836. The van der Waals surface area contributed by atoms with Gasteiger partial charge in [-0.05, 0) is 6.07 Å². The van der Waals surface area contributed by atoms with Gasteiger partial charge in [0.25, 0.3) is 0 Å². The van der Waals surface area contributed by atoms with E-state index in [1.54, 1.807) is 25.3 Å². The predicted molar refractivity (Wildman–Crippen MR) is 63.4 cm³/mol. The number of ether oxygens (including phenoxy) is 2. The van der Waals surface area contributed by atoms with Crippen molar-refractivity contribution in [2.24, 2.45) is 11.6 Å². The van der Waals surface area contributed by atoms with Crippen LogP contribution in [0.5, 0.6) is 11.5 Å². The summed E-state index contributed by atoms with van der Waals surface area (Å²) in [6.07, 6.45) is 0.0964. The van der Waals surface area contributed by atoms with Gasteiger partial charge in [-0.1, -0.05) is 6.07 Å². The van der Waals surface area contributed by atoms with Crippen molar-refractivity contribution >= 4 is 5.91 Å². The molecule has 17 heavy (non-hydrogen) atoms. The number of hydrogen-bond donors (Lipinski definition) is 3. The van der Waals surface area contributed by atoms with E-state index >= 15 is 0 Å². The van der Waals surface area contributed by atoms with Gasteiger partial charge in [-0.15, -0.1) is 0 Å². The average molecular weight is 239 g/mol. The Hall–Kier alpha value is -1.79. The first-order valence-corrected chi connectivity index (χ1v) is 5.09. The second-order valence-electron chi connectivity index (χ2n) is 3.49. The molecule has 0 radical (unpaired) electrons. The van der Waals surface area contributed by atoms with Crippen LogP contribution in [0.15, 0.2) is 18.2 Å². The van der Waals surface area contributed by atoms with Gasteiger partial charge in [-0.2, -0.15) is 0 Å². The van der Waals surface area contributed by atoms with Crippen LogP contribution in [0.2, 0.25) is 0 Å². The molecule has 0 aliphatic carbocycles. The number of hydrazine groups is 1. The Kier molecular flexibility index (Phi) is 4.74. The summed E-state index contributed by atoms with van der Waals surface area (Å²) in [6.45, 7) is 0. The number of amides is 1. The van der Waals surface area contributed by atoms with E-state index in [4.69, 9.17) is 21.1 Å². The van der Waals surface area contributed by atoms with Gasteiger partial charge in [-0.3, -0.25) is 10.2 Å². The monoisotopic (exact) mass is 239 g/mol. The Labute approximate surface area is 99.8 Å². The molecule has 0 saturated heterocycles. The van der Waals surface area contributed by atoms with Crippen molar-refractivity contribution < 1.29 is 14.3 Å². The number of benzene rings is 1. The van der Waals surface area contributed by atoms with Crippen LogP contribution in [0.1, 0.15) is 18.0 Å². The highest BCUT2D eigenvalue weighted by Gasteiger charge is 2.15. The zero-order valence-corrected chi connectivity index (χ0v) is 9.90. The maximum Gasteiger partial charge on any atom is 0.235 e. The number of nitrogens with two attached hydrogens (primary N) is 2. The minimum Gasteiger partial charge on any atom is -0.497 e. The van der Waals surface area contributed by atoms with E-state index in [1.165, 1.54) is 7.11 Å². The van der Waals surface area contributed by atoms with E-state index < -0.39 is 6.04 Å². The smallest absolute Gasteiger partial charge is 0.235 e. The van der Waals surface area contributed by atoms with Crippen molar-refractivity contribution in [1.29, 1.82) is 0 Å². The van der Waals surface area contributed by atoms with Gasteiger partial charge in [0.15, 0.2) is 0 Å². The molecule has 0 heterocycles. The van der Waals surface area contributed by atoms with E-state index in [2.05, 4.69) is 0 Å². The van der Waals surface area contributed by atoms with Crippen molar-refractivity contribution in [3.63, 3.8) is 0 Å². The van der Waals surface area contributed by atoms with Crippen LogP contribution in [0, 0.1) is 0 Å². The molecular formula is C11H17N3O3. The molecule has 1 unspecified atom stereocenters. The molecule has 0 saturated carbocycles. The molecule has 0 bridgehead atoms. The molecule has 1 rings (SSSR count). The molecule has 5 N–H and O–H groups in total. The molecule has 0 aromatic heterocycles. The zero-order chi connectivity index (χ0) is 12.8. The second kappa shape index (κ2) is 6.07. The van der Waals surface area contributed by atoms with Gasteiger partial charge in [0.2, 0.25) is 5.91 Å². The minimum absolute atomic E-state index is 0.0964. The summed E-state index contributed by atoms with van der Waals surface area (Å²) in [7, 11) is 3.10. The summed E-state index contributed by atoms with van der Waals surface area (Å²) in [6, 6.07) is 4.78. The summed E-state index contributed by atoms with van der Waals surface area (Å²) in [5.41, 5.74) is 8.68. The number of carbonyl (C=O) groups excluding carboxylic acids is 1. The molecule has 0 aliphatic rings. The van der Waals surface area contributed by atoms with Crippen LogP contribution in [0.25, 0.3) is 0 Å². The Morgan fingerprint density at radius 1 is 1.41 bits per heavy atom. The van der Waals surface area contributed by atoms with E-state index in [0.717, 1.165) is 5.56 Å². The molecule has 6 nitrogen and oxygen atoms in total. The fraction of sp³-hybridized carbons (Fsp3) is 0.364. The van der Waals surface area contributed by atoms with E-state index in [0.29, 0.717) is 11.5 Å². The molecule has 1 amide bonds. The highest BCUT2D eigenvalue weighted by atomic mass is 16.5. The summed E-state index contributed by atoms with van der Waals surface area (Å²) in [4.78, 5) is 11.1. The first-order chi connectivity index (χ1) is 8.12. The molecule has 0 fully saturated rings. The molecule has 0 spiro atoms. The quantitative estimate of drug-likeness (QED) is 0.384. The molecule has 94 valence electrons. The minimum atomic E-state index is -0.473. The number of rotatable bonds is 5. The second-order valence-corrected chi connectivity index (χ2v) is 3.49. The van der Waals surface area contributed by atoms with Crippen LogP contribution in [0.3, 0.4) is 0 Å². The van der Waals surface area contributed by atoms with Crippen molar-refractivity contribution in [1.82, 2.24) is 5.43 Å². The number of methoxy groups -OCH3 is 2. The number of nitrogens with one attached hydrogen (secondary N) is 1. The highest BCUT2D eigenvalue weighted by molar-refractivity contribution is 5.76. The van der Waals surface area contributed by atoms with Crippen LogP contribution in [-0.4, -0.2) is 20.1 Å². The lowest BCUT2D eigenvalue weighted by Gasteiger charge is -2.15. The van der Waals surface area contributed by atoms with Crippen LogP contribution in [0.4, 0.5) is 0 Å². The zero-order valence-electron chi connectivity index (χ0n) is 9.90. The van der Waals surface area contributed by atoms with E-state index in [-0.39, 0.29) is 12.3 Å². The Bertz CT molecular complexity index is 396. The molecule has 1 atom stereocenters. The topological polar surface area (TPSA) is 99.6 Å². The summed E-state index contributed by atoms with van der Waals surface area (Å²) >= 11 is 0. The molecular weight excluding hydrogens is 222 g/mol. The first-order valence-electron chi connectivity index (χ1n) is 5.09. The Balaban J connectivity index is 2.92. The van der Waals surface area contributed by atoms with Gasteiger partial charge in [0, 0.05) is 24.1 Å². The van der Waals surface area contributed by atoms with E-state index in [9.17, 15) is 4.79 Å². The third-order valence-corrected chi connectivity index (χ3v) is 2.41. The van der Waals surface area contributed by atoms with Crippen LogP contribution < -0.4 is 26.5 Å². The molecule has 1 aromatic carbocycles. The van der Waals surface area contributed by atoms with Crippen LogP contribution >= 0.6 is 0 Å². The standard InChI is InChI=1S/C11H17N3O3/c1-16-7-3-4-8(10(5-7)17-2)9(12)6-11(15)14-13/h3-5,9H,6,12-13H2,1-2H3,(H,14,15). The van der Waals surface area contributed by atoms with Crippen molar-refractivity contribution in [3.05, 3.63) is 23.8 Å². The van der Waals surface area contributed by atoms with Crippen molar-refractivity contribution in [2.45, 2.75) is 12.5 Å². The normalized spacial score (nSPS) is 11.8. The van der Waals surface area contributed by atoms with Crippen molar-refractivity contribution in [2.75, 3.05) is 14.2 Å². The van der Waals surface area contributed by atoms with Gasteiger partial charge < -0.3 is 15.2 Å². The first kappa shape index (κ1) is 13.3. The molecule has 0 aliphatic heterocycles. The highest BCUT2D eigenvalue weighted by Crippen LogP contribution is 2.29. The fourth-order valence-corrected chi connectivity index (χ4v) is 1.49. The number of hydrogen-bond acceptors (Lipinski definition) is 5. The molecule has 6 heteroatoms. The third-order valence-electron chi connectivity index (χ3n) is 2.41. The van der Waals surface area contributed by atoms with Gasteiger partial charge in [0.1, 0.15) is 11.5 Å². The van der Waals surface area contributed by atoms with Gasteiger partial charge in [0.05, 0.1) is 14.2 Å². The third kappa shape index (κ3) is 3.33. The summed E-state index contributed by atoms with van der Waals surface area (Å²) in [5, 5.41) is 0. The summed E-state index contributed by atoms with van der Waals surface area (Å²) in [5.74, 6) is 5.94. The fourth-order valence-electron chi connectivity index (χ4n) is 1.49. The maximum atomic E-state index is 11.1. The number of carbonyl (C=O) groups is 1. The summed E-state index contributed by atoms with van der Waals surface area (Å²) < 4.78 is 10.3. The lowest BCUT2D eigenvalue weighted by atomic mass is 10.0. The molecule has 1 aromatic rings. The van der Waals surface area contributed by atoms with Crippen LogP contribution in [-0.2, 0) is 4.79 Å². The van der Waals surface area contributed by atoms with Crippen molar-refractivity contribution in [3.8, 4) is 11.5 Å². The lowest BCUT2D eigenvalue weighted by Crippen LogP contribution is -2.32. The Morgan fingerprint density at radius 3 is 2.65 bits per heavy atom.